The number of methoxy groups -OCH3 is 1. The van der Waals surface area contributed by atoms with Crippen LogP contribution < -0.4 is 16.0 Å². The van der Waals surface area contributed by atoms with E-state index in [1.54, 1.807) is 60.7 Å². The monoisotopic (exact) mass is 696 g/mol. The van der Waals surface area contributed by atoms with Crippen LogP contribution in [0.3, 0.4) is 0 Å². The van der Waals surface area contributed by atoms with E-state index in [2.05, 4.69) is 16.0 Å². The minimum Gasteiger partial charge on any atom is -0.453 e. The smallest absolute Gasteiger partial charge is 0.407 e. The van der Waals surface area contributed by atoms with Gasteiger partial charge in [-0.1, -0.05) is 60.1 Å². The molecule has 1 aliphatic heterocycles. The van der Waals surface area contributed by atoms with Crippen LogP contribution in [-0.2, 0) is 26.0 Å². The van der Waals surface area contributed by atoms with Crippen LogP contribution in [0.1, 0.15) is 29.0 Å². The highest BCUT2D eigenvalue weighted by Gasteiger charge is 2.35. The Morgan fingerprint density at radius 3 is 2.42 bits per heavy atom. The van der Waals surface area contributed by atoms with Gasteiger partial charge in [-0.25, -0.2) is 22.0 Å². The zero-order valence-corrected chi connectivity index (χ0v) is 27.6. The Hall–Kier alpha value is -4.36. The minimum atomic E-state index is -3.81. The fourth-order valence-electron chi connectivity index (χ4n) is 5.92. The Morgan fingerprint density at radius 1 is 0.979 bits per heavy atom. The summed E-state index contributed by atoms with van der Waals surface area (Å²) in [5, 5.41) is 8.99. The molecule has 9 nitrogen and oxygen atoms in total. The number of nitrogens with zero attached hydrogens (tertiary/aromatic N) is 1. The molecule has 0 bridgehead atoms. The lowest BCUT2D eigenvalue weighted by Gasteiger charge is -2.35. The average molecular weight is 697 g/mol. The van der Waals surface area contributed by atoms with Crippen molar-refractivity contribution < 1.29 is 31.5 Å². The molecule has 3 atom stereocenters. The number of benzene rings is 4. The van der Waals surface area contributed by atoms with Crippen molar-refractivity contribution in [3.63, 3.8) is 0 Å². The van der Waals surface area contributed by atoms with Gasteiger partial charge in [0.25, 0.3) is 0 Å². The molecular formula is C35H35ClF2N4O5S. The number of piperazine rings is 1. The third-order valence-corrected chi connectivity index (χ3v) is 10.5. The number of nitrogens with one attached hydrogen (secondary N) is 3. The number of carbonyl (C=O) groups excluding carboxylic acids is 2. The van der Waals surface area contributed by atoms with Crippen LogP contribution in [0.5, 0.6) is 0 Å². The summed E-state index contributed by atoms with van der Waals surface area (Å²) in [7, 11) is -2.66. The fourth-order valence-corrected chi connectivity index (χ4v) is 7.72. The molecule has 5 rings (SSSR count). The summed E-state index contributed by atoms with van der Waals surface area (Å²) < 4.78 is 63.2. The number of anilines is 1. The highest BCUT2D eigenvalue weighted by atomic mass is 35.5. The molecule has 3 N–H and O–H groups in total. The Kier molecular flexibility index (Phi) is 11.4. The molecular weight excluding hydrogens is 662 g/mol. The minimum absolute atomic E-state index is 0.0923. The first-order valence-electron chi connectivity index (χ1n) is 15.3. The second kappa shape index (κ2) is 15.7. The highest BCUT2D eigenvalue weighted by molar-refractivity contribution is 7.89. The zero-order chi connectivity index (χ0) is 34.3. The summed E-state index contributed by atoms with van der Waals surface area (Å²) in [6.45, 7) is 1.08. The van der Waals surface area contributed by atoms with E-state index in [0.717, 1.165) is 7.11 Å². The van der Waals surface area contributed by atoms with Gasteiger partial charge in [0, 0.05) is 47.9 Å². The van der Waals surface area contributed by atoms with Crippen LogP contribution in [0.2, 0.25) is 5.02 Å². The van der Waals surface area contributed by atoms with E-state index in [0.29, 0.717) is 29.2 Å². The van der Waals surface area contributed by atoms with Crippen LogP contribution in [0.25, 0.3) is 0 Å². The van der Waals surface area contributed by atoms with Crippen LogP contribution >= 0.6 is 11.6 Å². The molecule has 2 amide bonds. The van der Waals surface area contributed by atoms with Crippen molar-refractivity contribution in [3.05, 3.63) is 130 Å². The van der Waals surface area contributed by atoms with Gasteiger partial charge in [-0.3, -0.25) is 4.79 Å². The molecule has 0 aromatic heterocycles. The number of ether oxygens (including phenoxy) is 1. The highest BCUT2D eigenvalue weighted by Crippen LogP contribution is 2.32. The molecule has 0 saturated carbocycles. The standard InChI is InChI=1S/C35H35ClF2N4O5S/c1-47-35(44)41-33(32(23-13-15-25(36)16-14-23)24-7-5-8-26(37)21-24)34(43)40-31-12-6-11-30(38)29(31)18-17-27-22-39-19-20-42(27)48(45,46)28-9-3-2-4-10-28/h2-16,21,27,32-33,39H,17-20,22H2,1H3,(H,40,43)(H,41,44)/t27-,32-,33-/m0/s1. The van der Waals surface area contributed by atoms with Crippen molar-refractivity contribution in [1.29, 1.82) is 0 Å². The summed E-state index contributed by atoms with van der Waals surface area (Å²) in [6.07, 6.45) is -0.562. The maximum absolute atomic E-state index is 15.4. The van der Waals surface area contributed by atoms with E-state index < -0.39 is 51.7 Å². The Labute approximate surface area is 283 Å². The number of sulfonamides is 1. The predicted molar refractivity (Wildman–Crippen MR) is 179 cm³/mol. The fraction of sp³-hybridized carbons (Fsp3) is 0.257. The van der Waals surface area contributed by atoms with Crippen molar-refractivity contribution in [2.24, 2.45) is 0 Å². The molecule has 1 heterocycles. The average Bonchev–Trinajstić information content (AvgIpc) is 3.09. The number of hydrogen-bond acceptors (Lipinski definition) is 6. The van der Waals surface area contributed by atoms with Crippen LogP contribution in [0, 0.1) is 11.6 Å². The number of alkyl carbamates (subject to hydrolysis) is 1. The summed E-state index contributed by atoms with van der Waals surface area (Å²) in [5.41, 5.74) is 1.24. The van der Waals surface area contributed by atoms with Gasteiger partial charge in [-0.05, 0) is 72.5 Å². The summed E-state index contributed by atoms with van der Waals surface area (Å²) in [5.74, 6) is -2.76. The van der Waals surface area contributed by atoms with Crippen molar-refractivity contribution >= 4 is 39.3 Å². The van der Waals surface area contributed by atoms with E-state index in [9.17, 15) is 22.4 Å². The van der Waals surface area contributed by atoms with Gasteiger partial charge in [-0.2, -0.15) is 4.31 Å². The van der Waals surface area contributed by atoms with Gasteiger partial charge in [0.05, 0.1) is 12.0 Å². The van der Waals surface area contributed by atoms with Crippen LogP contribution in [0.15, 0.2) is 102 Å². The number of hydrogen-bond donors (Lipinski definition) is 3. The number of amides is 2. The first kappa shape index (κ1) is 35.0. The second-order valence-corrected chi connectivity index (χ2v) is 13.6. The summed E-state index contributed by atoms with van der Waals surface area (Å²) in [6, 6.07) is 22.7. The third kappa shape index (κ3) is 8.19. The zero-order valence-electron chi connectivity index (χ0n) is 26.0. The first-order valence-corrected chi connectivity index (χ1v) is 17.1. The van der Waals surface area contributed by atoms with Gasteiger partial charge in [0.1, 0.15) is 17.7 Å². The number of rotatable bonds is 11. The molecule has 0 radical (unpaired) electrons. The van der Waals surface area contributed by atoms with E-state index in [4.69, 9.17) is 16.3 Å². The van der Waals surface area contributed by atoms with Crippen molar-refractivity contribution in [3.8, 4) is 0 Å². The normalized spacial score (nSPS) is 16.5. The van der Waals surface area contributed by atoms with Crippen molar-refractivity contribution in [1.82, 2.24) is 14.9 Å². The molecule has 252 valence electrons. The molecule has 1 saturated heterocycles. The van der Waals surface area contributed by atoms with Gasteiger partial charge >= 0.3 is 6.09 Å². The molecule has 0 aliphatic carbocycles. The molecule has 1 fully saturated rings. The lowest BCUT2D eigenvalue weighted by Crippen LogP contribution is -2.53. The third-order valence-electron chi connectivity index (χ3n) is 8.26. The quantitative estimate of drug-likeness (QED) is 0.185. The topological polar surface area (TPSA) is 117 Å². The summed E-state index contributed by atoms with van der Waals surface area (Å²) in [4.78, 5) is 26.8. The molecule has 4 aromatic rings. The Morgan fingerprint density at radius 2 is 1.71 bits per heavy atom. The maximum Gasteiger partial charge on any atom is 0.407 e. The second-order valence-electron chi connectivity index (χ2n) is 11.3. The molecule has 48 heavy (non-hydrogen) atoms. The lowest BCUT2D eigenvalue weighted by atomic mass is 9.84. The molecule has 1 aliphatic rings. The van der Waals surface area contributed by atoms with Gasteiger partial charge in [-0.15, -0.1) is 0 Å². The molecule has 0 unspecified atom stereocenters. The number of halogens is 3. The van der Waals surface area contributed by atoms with Crippen molar-refractivity contribution in [2.45, 2.75) is 35.7 Å². The lowest BCUT2D eigenvalue weighted by molar-refractivity contribution is -0.118. The number of carbonyl (C=O) groups is 2. The van der Waals surface area contributed by atoms with Crippen LogP contribution in [-0.4, -0.2) is 63.6 Å². The van der Waals surface area contributed by atoms with Gasteiger partial charge in [0.2, 0.25) is 15.9 Å². The Balaban J connectivity index is 1.44. The van der Waals surface area contributed by atoms with Gasteiger partial charge < -0.3 is 20.7 Å². The summed E-state index contributed by atoms with van der Waals surface area (Å²) >= 11 is 6.12. The van der Waals surface area contributed by atoms with Crippen molar-refractivity contribution in [2.75, 3.05) is 32.1 Å². The van der Waals surface area contributed by atoms with E-state index in [1.165, 1.54) is 40.7 Å². The van der Waals surface area contributed by atoms with E-state index >= 15 is 4.39 Å². The molecule has 4 aromatic carbocycles. The molecule has 13 heteroatoms. The Bertz CT molecular complexity index is 1850. The van der Waals surface area contributed by atoms with E-state index in [-0.39, 0.29) is 35.5 Å². The SMILES string of the molecule is COC(=O)N[C@H](C(=O)Nc1cccc(F)c1CC[C@H]1CNCCN1S(=O)(=O)c1ccccc1)[C@@H](c1ccc(Cl)cc1)c1cccc(F)c1. The van der Waals surface area contributed by atoms with E-state index in [1.807, 2.05) is 0 Å². The predicted octanol–water partition coefficient (Wildman–Crippen LogP) is 5.71. The molecule has 0 spiro atoms. The van der Waals surface area contributed by atoms with Gasteiger partial charge in [0.15, 0.2) is 0 Å². The maximum atomic E-state index is 15.4. The van der Waals surface area contributed by atoms with Crippen LogP contribution in [0.4, 0.5) is 19.3 Å². The first-order chi connectivity index (χ1) is 23.1. The largest absolute Gasteiger partial charge is 0.453 e.